The Morgan fingerprint density at radius 3 is 2.09 bits per heavy atom. The third-order valence-electron chi connectivity index (χ3n) is 10.0. The molecule has 0 saturated heterocycles. The summed E-state index contributed by atoms with van der Waals surface area (Å²) in [5.41, 5.74) is 9.42. The van der Waals surface area contributed by atoms with E-state index in [0.717, 1.165) is 33.2 Å². The fraction of sp³-hybridized carbons (Fsp3) is 0.160. The van der Waals surface area contributed by atoms with Gasteiger partial charge in [-0.2, -0.15) is 0 Å². The molecule has 0 amide bonds. The van der Waals surface area contributed by atoms with Crippen molar-refractivity contribution in [1.82, 2.24) is 14.5 Å². The summed E-state index contributed by atoms with van der Waals surface area (Å²) in [6.07, 6.45) is 1.30. The Morgan fingerprint density at radius 1 is 0.667 bits per heavy atom. The van der Waals surface area contributed by atoms with Crippen LogP contribution >= 0.6 is 0 Å². The molecule has 0 fully saturated rings. The maximum Gasteiger partial charge on any atom is 0.212 e. The molecular weight excluding hydrogens is 883 g/mol. The summed E-state index contributed by atoms with van der Waals surface area (Å²) in [5.74, 6) is 4.01. The minimum Gasteiger partial charge on any atom is -0.497 e. The van der Waals surface area contributed by atoms with Crippen molar-refractivity contribution in [3.05, 3.63) is 162 Å². The molecular formula is C50H41IrN3O3-2. The molecule has 285 valence electrons. The van der Waals surface area contributed by atoms with Crippen LogP contribution in [0.4, 0.5) is 0 Å². The molecule has 10 rings (SSSR count). The summed E-state index contributed by atoms with van der Waals surface area (Å²) < 4.78 is 65.2. The number of pyridine rings is 1. The molecule has 57 heavy (non-hydrogen) atoms. The molecule has 0 N–H and O–H groups in total. The molecule has 1 radical (unpaired) electrons. The van der Waals surface area contributed by atoms with Crippen molar-refractivity contribution in [1.29, 1.82) is 0 Å². The largest absolute Gasteiger partial charge is 0.497 e. The third-order valence-corrected chi connectivity index (χ3v) is 10.0. The summed E-state index contributed by atoms with van der Waals surface area (Å²) in [6, 6.07) is 44.6. The molecule has 0 bridgehead atoms. The number of nitrogens with zero attached hydrogens (tertiary/aromatic N) is 3. The standard InChI is InChI=1S/C37H29N2O3.C13H12N.Ir/c1-21(2)23-11-9-12-24(22(3)4)33(23)39-29-16-6-5-15-28(29)38-37(39)27-14-10-13-25-26-19-20-32-36(35(26)42-34(25)27)41-31-18-8-7-17-30(31)40-32;1-10-3-6-12(7-4-10)13-8-5-11(2)9-14-13;/h5-13,15-22H,1-4H3;3-6,8-9H,1-2H3;/q2*-1;/i;1D3,2D3;. The van der Waals surface area contributed by atoms with Crippen molar-refractivity contribution in [2.75, 3.05) is 0 Å². The van der Waals surface area contributed by atoms with E-state index in [2.05, 4.69) is 85.8 Å². The van der Waals surface area contributed by atoms with E-state index in [-0.39, 0.29) is 31.2 Å². The van der Waals surface area contributed by atoms with Crippen molar-refractivity contribution in [2.45, 2.75) is 53.2 Å². The normalized spacial score (nSPS) is 13.8. The molecule has 0 spiro atoms. The second-order valence-corrected chi connectivity index (χ2v) is 14.4. The van der Waals surface area contributed by atoms with Crippen LogP contribution in [0, 0.1) is 25.8 Å². The molecule has 1 aliphatic rings. The van der Waals surface area contributed by atoms with Crippen molar-refractivity contribution < 1.29 is 42.2 Å². The van der Waals surface area contributed by atoms with Gasteiger partial charge in [0, 0.05) is 45.6 Å². The zero-order valence-electron chi connectivity index (χ0n) is 37.7. The fourth-order valence-electron chi connectivity index (χ4n) is 7.28. The van der Waals surface area contributed by atoms with E-state index in [9.17, 15) is 0 Å². The van der Waals surface area contributed by atoms with Gasteiger partial charge in [-0.05, 0) is 77.5 Å². The number of ether oxygens (including phenoxy) is 2. The zero-order chi connectivity index (χ0) is 43.5. The second-order valence-electron chi connectivity index (χ2n) is 14.4. The van der Waals surface area contributed by atoms with E-state index in [1.807, 2.05) is 54.6 Å². The summed E-state index contributed by atoms with van der Waals surface area (Å²) in [4.78, 5) is 9.29. The van der Waals surface area contributed by atoms with Crippen LogP contribution in [0.2, 0.25) is 0 Å². The van der Waals surface area contributed by atoms with E-state index in [0.29, 0.717) is 57.3 Å². The van der Waals surface area contributed by atoms with Gasteiger partial charge in [0.1, 0.15) is 0 Å². The van der Waals surface area contributed by atoms with Crippen molar-refractivity contribution in [2.24, 2.45) is 0 Å². The van der Waals surface area contributed by atoms with Crippen LogP contribution in [0.25, 0.3) is 61.3 Å². The van der Waals surface area contributed by atoms with Crippen LogP contribution in [-0.2, 0) is 20.1 Å². The number of imidazole rings is 1. The van der Waals surface area contributed by atoms with Gasteiger partial charge in [-0.25, -0.2) is 0 Å². The van der Waals surface area contributed by atoms with E-state index in [4.69, 9.17) is 27.1 Å². The number of para-hydroxylation sites is 5. The van der Waals surface area contributed by atoms with Crippen LogP contribution in [0.5, 0.6) is 23.0 Å². The Hall–Kier alpha value is -6.01. The van der Waals surface area contributed by atoms with Gasteiger partial charge in [-0.15, -0.1) is 53.6 Å². The molecule has 9 aromatic rings. The summed E-state index contributed by atoms with van der Waals surface area (Å²) in [6.45, 7) is 4.65. The van der Waals surface area contributed by atoms with Crippen molar-refractivity contribution in [3.63, 3.8) is 0 Å². The van der Waals surface area contributed by atoms with Crippen LogP contribution in [0.1, 0.15) is 70.0 Å². The van der Waals surface area contributed by atoms with Gasteiger partial charge in [0.2, 0.25) is 5.75 Å². The third kappa shape index (κ3) is 6.92. The average Bonchev–Trinajstić information content (AvgIpc) is 3.84. The molecule has 0 saturated carbocycles. The van der Waals surface area contributed by atoms with Crippen LogP contribution < -0.4 is 9.47 Å². The number of fused-ring (bicyclic) bond motifs is 7. The fourth-order valence-corrected chi connectivity index (χ4v) is 7.28. The van der Waals surface area contributed by atoms with Gasteiger partial charge in [0.05, 0.1) is 22.4 Å². The van der Waals surface area contributed by atoms with Crippen LogP contribution in [-0.4, -0.2) is 14.5 Å². The van der Waals surface area contributed by atoms with Crippen LogP contribution in [0.3, 0.4) is 0 Å². The molecule has 0 unspecified atom stereocenters. The monoisotopic (exact) mass is 930 g/mol. The average molecular weight is 930 g/mol. The first kappa shape index (κ1) is 31.1. The molecule has 6 aromatic carbocycles. The smallest absolute Gasteiger partial charge is 0.212 e. The number of benzene rings is 6. The molecule has 0 aliphatic carbocycles. The molecule has 1 aliphatic heterocycles. The predicted molar refractivity (Wildman–Crippen MR) is 225 cm³/mol. The van der Waals surface area contributed by atoms with Gasteiger partial charge in [0.25, 0.3) is 0 Å². The quantitative estimate of drug-likeness (QED) is 0.161. The summed E-state index contributed by atoms with van der Waals surface area (Å²) >= 11 is 0. The number of hydrogen-bond donors (Lipinski definition) is 0. The minimum absolute atomic E-state index is 0. The van der Waals surface area contributed by atoms with Crippen LogP contribution in [0.15, 0.2) is 132 Å². The van der Waals surface area contributed by atoms with E-state index in [1.54, 1.807) is 12.1 Å². The SMILES string of the molecule is CC(C)c1cccc(C(C)C)c1-n1c(-c2[c-]ccc3c2oc2c4c(ccc23)Oc2ccccc2O4)nc2ccccc21.[2H]C([2H])([2H])c1c[c-]c(-c2ccc(C([2H])([2H])[2H])cn2)cc1.[Ir]. The van der Waals surface area contributed by atoms with Gasteiger partial charge < -0.3 is 23.4 Å². The Labute approximate surface area is 354 Å². The number of rotatable bonds is 5. The molecule has 6 nitrogen and oxygen atoms in total. The van der Waals surface area contributed by atoms with Gasteiger partial charge in [0.15, 0.2) is 22.8 Å². The maximum atomic E-state index is 7.28. The number of aryl methyl sites for hydroxylation is 2. The predicted octanol–water partition coefficient (Wildman–Crippen LogP) is 13.7. The minimum atomic E-state index is -2.18. The summed E-state index contributed by atoms with van der Waals surface area (Å²) in [5, 5.41) is 1.93. The number of aromatic nitrogens is 3. The number of furan rings is 1. The van der Waals surface area contributed by atoms with Gasteiger partial charge in [-0.3, -0.25) is 4.98 Å². The topological polar surface area (TPSA) is 62.3 Å². The molecule has 3 aromatic heterocycles. The van der Waals surface area contributed by atoms with E-state index >= 15 is 0 Å². The second kappa shape index (κ2) is 15.5. The van der Waals surface area contributed by atoms with E-state index in [1.165, 1.54) is 41.2 Å². The Kier molecular flexibility index (Phi) is 8.46. The number of hydrogen-bond acceptors (Lipinski definition) is 5. The Bertz CT molecular complexity index is 3030. The molecule has 4 heterocycles. The van der Waals surface area contributed by atoms with Gasteiger partial charge in [-0.1, -0.05) is 100 Å². The molecule has 0 atom stereocenters. The zero-order valence-corrected chi connectivity index (χ0v) is 34.1. The maximum absolute atomic E-state index is 7.28. The Balaban J connectivity index is 0.000000219. The Morgan fingerprint density at radius 2 is 1.39 bits per heavy atom. The first-order valence-electron chi connectivity index (χ1n) is 21.6. The van der Waals surface area contributed by atoms with Gasteiger partial charge >= 0.3 is 0 Å². The summed E-state index contributed by atoms with van der Waals surface area (Å²) in [7, 11) is 0. The first-order chi connectivity index (χ1) is 29.7. The van der Waals surface area contributed by atoms with E-state index < -0.39 is 13.7 Å². The van der Waals surface area contributed by atoms with Crippen molar-refractivity contribution >= 4 is 33.0 Å². The first-order valence-corrected chi connectivity index (χ1v) is 18.6. The molecule has 7 heteroatoms. The van der Waals surface area contributed by atoms with Crippen molar-refractivity contribution in [3.8, 4) is 51.3 Å².